The van der Waals surface area contributed by atoms with E-state index in [1.165, 1.54) is 0 Å². The van der Waals surface area contributed by atoms with Crippen molar-refractivity contribution in [3.63, 3.8) is 0 Å². The molecule has 9 heteroatoms. The molecule has 0 aliphatic carbocycles. The summed E-state index contributed by atoms with van der Waals surface area (Å²) >= 11 is 6.30. The lowest BCUT2D eigenvalue weighted by Crippen LogP contribution is -2.11. The molecule has 0 radical (unpaired) electrons. The molecule has 4 rings (SSSR count). The molecule has 2 heterocycles. The highest BCUT2D eigenvalue weighted by molar-refractivity contribution is 6.32. The van der Waals surface area contributed by atoms with Crippen LogP contribution in [0.1, 0.15) is 24.0 Å². The summed E-state index contributed by atoms with van der Waals surface area (Å²) in [7, 11) is 3.25. The summed E-state index contributed by atoms with van der Waals surface area (Å²) in [4.78, 5) is 20.7. The maximum Gasteiger partial charge on any atom is 0.224 e. The maximum absolute atomic E-state index is 11.9. The van der Waals surface area contributed by atoms with Crippen molar-refractivity contribution in [3.8, 4) is 11.5 Å². The van der Waals surface area contributed by atoms with Gasteiger partial charge in [0.15, 0.2) is 5.82 Å². The highest BCUT2D eigenvalue weighted by Crippen LogP contribution is 2.32. The lowest BCUT2D eigenvalue weighted by atomic mass is 10.0. The van der Waals surface area contributed by atoms with Crippen LogP contribution in [0.5, 0.6) is 11.5 Å². The minimum absolute atomic E-state index is 0.0441. The largest absolute Gasteiger partial charge is 0.496 e. The molecule has 0 unspecified atom stereocenters. The molecule has 3 aromatic rings. The van der Waals surface area contributed by atoms with Gasteiger partial charge in [-0.3, -0.25) is 4.79 Å². The van der Waals surface area contributed by atoms with Gasteiger partial charge in [-0.2, -0.15) is 4.98 Å². The zero-order valence-corrected chi connectivity index (χ0v) is 19.3. The van der Waals surface area contributed by atoms with E-state index >= 15 is 0 Å². The molecule has 0 atom stereocenters. The number of para-hydroxylation sites is 2. The first-order chi connectivity index (χ1) is 16.1. The summed E-state index contributed by atoms with van der Waals surface area (Å²) in [6, 6.07) is 11.6. The third-order valence-corrected chi connectivity index (χ3v) is 5.69. The first kappa shape index (κ1) is 22.7. The van der Waals surface area contributed by atoms with Crippen LogP contribution < -0.4 is 25.4 Å². The van der Waals surface area contributed by atoms with Gasteiger partial charge in [0, 0.05) is 24.7 Å². The van der Waals surface area contributed by atoms with E-state index in [2.05, 4.69) is 32.0 Å². The molecule has 3 N–H and O–H groups in total. The number of fused-ring (bicyclic) bond motifs is 1. The Labute approximate surface area is 197 Å². The third kappa shape index (κ3) is 5.46. The number of benzene rings is 2. The van der Waals surface area contributed by atoms with Gasteiger partial charge in [-0.1, -0.05) is 23.7 Å². The number of aromatic nitrogens is 2. The second kappa shape index (κ2) is 10.4. The number of halogens is 1. The molecule has 8 nitrogen and oxygen atoms in total. The van der Waals surface area contributed by atoms with Crippen LogP contribution in [0.25, 0.3) is 0 Å². The van der Waals surface area contributed by atoms with Crippen molar-refractivity contribution in [2.75, 3.05) is 36.7 Å². The number of carbonyl (C=O) groups is 1. The molecular weight excluding hydrogens is 442 g/mol. The summed E-state index contributed by atoms with van der Waals surface area (Å²) in [6.07, 6.45) is 4.49. The van der Waals surface area contributed by atoms with E-state index in [-0.39, 0.29) is 5.91 Å². The van der Waals surface area contributed by atoms with Crippen molar-refractivity contribution in [2.45, 2.75) is 25.7 Å². The molecule has 0 saturated carbocycles. The number of hydrogen-bond donors (Lipinski definition) is 3. The van der Waals surface area contributed by atoms with E-state index in [0.717, 1.165) is 41.1 Å². The van der Waals surface area contributed by atoms with Crippen LogP contribution in [0.4, 0.5) is 23.1 Å². The van der Waals surface area contributed by atoms with Crippen LogP contribution >= 0.6 is 11.6 Å². The summed E-state index contributed by atoms with van der Waals surface area (Å²) in [6.45, 7) is 0.594. The minimum atomic E-state index is 0.0441. The molecule has 0 saturated heterocycles. The van der Waals surface area contributed by atoms with Gasteiger partial charge in [-0.05, 0) is 48.6 Å². The van der Waals surface area contributed by atoms with Gasteiger partial charge in [0.25, 0.3) is 0 Å². The Morgan fingerprint density at radius 2 is 1.94 bits per heavy atom. The van der Waals surface area contributed by atoms with Crippen LogP contribution in [0.3, 0.4) is 0 Å². The average molecular weight is 468 g/mol. The van der Waals surface area contributed by atoms with Crippen molar-refractivity contribution >= 4 is 40.6 Å². The van der Waals surface area contributed by atoms with Gasteiger partial charge in [0.2, 0.25) is 11.9 Å². The normalized spacial score (nSPS) is 12.9. The van der Waals surface area contributed by atoms with Crippen molar-refractivity contribution in [1.82, 2.24) is 9.97 Å². The van der Waals surface area contributed by atoms with Gasteiger partial charge in [-0.15, -0.1) is 0 Å². The van der Waals surface area contributed by atoms with E-state index < -0.39 is 0 Å². The highest BCUT2D eigenvalue weighted by atomic mass is 35.5. The quantitative estimate of drug-likeness (QED) is 0.437. The average Bonchev–Trinajstić information content (AvgIpc) is 3.00. The SMILES string of the molecule is COc1cc2c(cc1CCNc1ncc(Cl)c(Nc3ccccc3OC)n1)CCCC(=O)N2. The first-order valence-corrected chi connectivity index (χ1v) is 11.1. The molecule has 0 spiro atoms. The molecule has 172 valence electrons. The maximum atomic E-state index is 11.9. The Hall–Kier alpha value is -3.52. The number of anilines is 4. The van der Waals surface area contributed by atoms with Crippen molar-refractivity contribution in [3.05, 3.63) is 58.7 Å². The monoisotopic (exact) mass is 467 g/mol. The summed E-state index contributed by atoms with van der Waals surface area (Å²) < 4.78 is 10.9. The van der Waals surface area contributed by atoms with Gasteiger partial charge in [0.1, 0.15) is 16.5 Å². The molecule has 0 fully saturated rings. The lowest BCUT2D eigenvalue weighted by molar-refractivity contribution is -0.116. The van der Waals surface area contributed by atoms with Crippen molar-refractivity contribution in [2.24, 2.45) is 0 Å². The van der Waals surface area contributed by atoms with E-state index in [1.807, 2.05) is 30.3 Å². The minimum Gasteiger partial charge on any atom is -0.496 e. The summed E-state index contributed by atoms with van der Waals surface area (Å²) in [5, 5.41) is 9.81. The number of nitrogens with zero attached hydrogens (tertiary/aromatic N) is 2. The van der Waals surface area contributed by atoms with E-state index in [4.69, 9.17) is 21.1 Å². The van der Waals surface area contributed by atoms with Crippen LogP contribution in [0, 0.1) is 0 Å². The number of carbonyl (C=O) groups excluding carboxylic acids is 1. The van der Waals surface area contributed by atoms with E-state index in [9.17, 15) is 4.79 Å². The second-order valence-corrected chi connectivity index (χ2v) is 8.02. The van der Waals surface area contributed by atoms with Gasteiger partial charge >= 0.3 is 0 Å². The van der Waals surface area contributed by atoms with Gasteiger partial charge in [0.05, 0.1) is 26.1 Å². The highest BCUT2D eigenvalue weighted by Gasteiger charge is 2.16. The Bertz CT molecular complexity index is 1150. The number of ether oxygens (including phenoxy) is 2. The molecule has 2 aromatic carbocycles. The fourth-order valence-corrected chi connectivity index (χ4v) is 3.90. The topological polar surface area (TPSA) is 97.4 Å². The van der Waals surface area contributed by atoms with Crippen LogP contribution in [-0.4, -0.2) is 36.6 Å². The predicted octanol–water partition coefficient (Wildman–Crippen LogP) is 4.82. The van der Waals surface area contributed by atoms with Crippen molar-refractivity contribution < 1.29 is 14.3 Å². The molecule has 1 aliphatic rings. The molecule has 1 aliphatic heterocycles. The number of aryl methyl sites for hydroxylation is 1. The number of amides is 1. The zero-order chi connectivity index (χ0) is 23.2. The summed E-state index contributed by atoms with van der Waals surface area (Å²) in [5.41, 5.74) is 3.77. The van der Waals surface area contributed by atoms with Gasteiger partial charge < -0.3 is 25.4 Å². The number of hydrogen-bond acceptors (Lipinski definition) is 7. The van der Waals surface area contributed by atoms with Gasteiger partial charge in [-0.25, -0.2) is 4.98 Å². The van der Waals surface area contributed by atoms with Crippen LogP contribution in [0.2, 0.25) is 5.02 Å². The predicted molar refractivity (Wildman–Crippen MR) is 130 cm³/mol. The lowest BCUT2D eigenvalue weighted by Gasteiger charge is -2.15. The zero-order valence-electron chi connectivity index (χ0n) is 18.6. The number of nitrogens with one attached hydrogen (secondary N) is 3. The van der Waals surface area contributed by atoms with E-state index in [1.54, 1.807) is 20.4 Å². The Morgan fingerprint density at radius 1 is 1.12 bits per heavy atom. The number of rotatable bonds is 8. The van der Waals surface area contributed by atoms with Crippen LogP contribution in [-0.2, 0) is 17.6 Å². The van der Waals surface area contributed by atoms with Crippen LogP contribution in [0.15, 0.2) is 42.6 Å². The standard InChI is InChI=1S/C24H26ClN5O3/c1-32-20-8-4-3-7-18(20)29-23-17(25)14-27-24(30-23)26-11-10-16-12-15-6-5-9-22(31)28-19(15)13-21(16)33-2/h3-4,7-8,12-14H,5-6,9-11H2,1-2H3,(H,28,31)(H2,26,27,29,30). The molecule has 0 bridgehead atoms. The molecular formula is C24H26ClN5O3. The fraction of sp³-hybridized carbons (Fsp3) is 0.292. The Balaban J connectivity index is 1.45. The molecule has 33 heavy (non-hydrogen) atoms. The third-order valence-electron chi connectivity index (χ3n) is 5.41. The summed E-state index contributed by atoms with van der Waals surface area (Å²) in [5.74, 6) is 2.42. The Kier molecular flexibility index (Phi) is 7.14. The smallest absolute Gasteiger partial charge is 0.224 e. The molecule has 1 amide bonds. The Morgan fingerprint density at radius 3 is 2.76 bits per heavy atom. The van der Waals surface area contributed by atoms with Crippen molar-refractivity contribution in [1.29, 1.82) is 0 Å². The fourth-order valence-electron chi connectivity index (χ4n) is 3.76. The molecule has 1 aromatic heterocycles. The van der Waals surface area contributed by atoms with E-state index in [0.29, 0.717) is 41.9 Å². The number of methoxy groups -OCH3 is 2. The first-order valence-electron chi connectivity index (χ1n) is 10.7. The second-order valence-electron chi connectivity index (χ2n) is 7.62.